The van der Waals surface area contributed by atoms with Gasteiger partial charge in [-0.1, -0.05) is 0 Å². The van der Waals surface area contributed by atoms with Crippen molar-refractivity contribution in [2.24, 2.45) is 0 Å². The molecule has 0 saturated carbocycles. The molecule has 0 radical (unpaired) electrons. The number of nitrogens with one attached hydrogen (secondary N) is 1. The van der Waals surface area contributed by atoms with E-state index >= 15 is 0 Å². The zero-order chi connectivity index (χ0) is 19.9. The van der Waals surface area contributed by atoms with Gasteiger partial charge in [0.1, 0.15) is 4.83 Å². The summed E-state index contributed by atoms with van der Waals surface area (Å²) >= 11 is 1.46. The molecule has 1 N–H and O–H groups in total. The van der Waals surface area contributed by atoms with Crippen molar-refractivity contribution >= 4 is 33.3 Å². The molecule has 0 unspecified atom stereocenters. The van der Waals surface area contributed by atoms with Gasteiger partial charge in [-0.05, 0) is 40.2 Å². The van der Waals surface area contributed by atoms with Crippen molar-refractivity contribution in [3.05, 3.63) is 49.6 Å². The Kier molecular flexibility index (Phi) is 5.01. The molecule has 0 aliphatic heterocycles. The van der Waals surface area contributed by atoms with Crippen molar-refractivity contribution in [2.75, 3.05) is 6.61 Å². The van der Waals surface area contributed by atoms with Gasteiger partial charge in [-0.25, -0.2) is 9.78 Å². The third-order valence-electron chi connectivity index (χ3n) is 4.60. The molecular weight excluding hydrogens is 366 g/mol. The number of aromatic amines is 1. The van der Waals surface area contributed by atoms with Crippen molar-refractivity contribution < 1.29 is 14.3 Å². The highest BCUT2D eigenvalue weighted by molar-refractivity contribution is 7.18. The maximum Gasteiger partial charge on any atom is 0.340 e. The van der Waals surface area contributed by atoms with Gasteiger partial charge in [0.25, 0.3) is 5.56 Å². The number of carbonyl (C=O) groups excluding carboxylic acids is 2. The first-order valence-corrected chi connectivity index (χ1v) is 9.42. The molecule has 142 valence electrons. The number of rotatable bonds is 5. The van der Waals surface area contributed by atoms with Gasteiger partial charge in [-0.3, -0.25) is 14.2 Å². The normalized spacial score (nSPS) is 11.1. The maximum absolute atomic E-state index is 12.9. The lowest BCUT2D eigenvalue weighted by atomic mass is 10.0. The van der Waals surface area contributed by atoms with Crippen LogP contribution in [0.25, 0.3) is 10.2 Å². The van der Waals surface area contributed by atoms with Crippen molar-refractivity contribution in [3.63, 3.8) is 0 Å². The van der Waals surface area contributed by atoms with Gasteiger partial charge >= 0.3 is 5.97 Å². The van der Waals surface area contributed by atoms with Crippen LogP contribution in [-0.2, 0) is 11.3 Å². The Hall–Kier alpha value is -2.74. The molecule has 3 aromatic heterocycles. The van der Waals surface area contributed by atoms with E-state index < -0.39 is 5.97 Å². The van der Waals surface area contributed by atoms with Crippen LogP contribution in [0, 0.1) is 27.7 Å². The number of esters is 1. The molecule has 0 aliphatic carbocycles. The van der Waals surface area contributed by atoms with E-state index in [9.17, 15) is 14.4 Å². The van der Waals surface area contributed by atoms with E-state index in [1.54, 1.807) is 20.8 Å². The zero-order valence-corrected chi connectivity index (χ0v) is 16.7. The number of carbonyl (C=O) groups is 2. The van der Waals surface area contributed by atoms with Crippen LogP contribution in [0.4, 0.5) is 0 Å². The van der Waals surface area contributed by atoms with Crippen LogP contribution in [0.1, 0.15) is 49.5 Å². The molecule has 3 aromatic rings. The Balaban J connectivity index is 2.03. The first kappa shape index (κ1) is 19.0. The van der Waals surface area contributed by atoms with Crippen molar-refractivity contribution in [2.45, 2.75) is 41.2 Å². The molecule has 3 heterocycles. The molecule has 0 amide bonds. The third kappa shape index (κ3) is 3.21. The molecule has 0 bridgehead atoms. The fraction of sp³-hybridized carbons (Fsp3) is 0.368. The Morgan fingerprint density at radius 1 is 1.19 bits per heavy atom. The molecule has 3 rings (SSSR count). The van der Waals surface area contributed by atoms with Crippen molar-refractivity contribution in [3.8, 4) is 0 Å². The van der Waals surface area contributed by atoms with Gasteiger partial charge in [0.05, 0.1) is 36.0 Å². The molecule has 0 saturated heterocycles. The van der Waals surface area contributed by atoms with Crippen LogP contribution in [0.5, 0.6) is 0 Å². The molecule has 27 heavy (non-hydrogen) atoms. The van der Waals surface area contributed by atoms with E-state index in [1.807, 2.05) is 13.8 Å². The highest BCUT2D eigenvalue weighted by Crippen LogP contribution is 2.26. The van der Waals surface area contributed by atoms with Crippen LogP contribution >= 0.6 is 11.3 Å². The van der Waals surface area contributed by atoms with E-state index in [-0.39, 0.29) is 35.6 Å². The second-order valence-electron chi connectivity index (χ2n) is 6.41. The van der Waals surface area contributed by atoms with E-state index in [0.29, 0.717) is 21.6 Å². The minimum absolute atomic E-state index is 0.194. The van der Waals surface area contributed by atoms with Crippen LogP contribution in [0.3, 0.4) is 0 Å². The zero-order valence-electron chi connectivity index (χ0n) is 15.9. The van der Waals surface area contributed by atoms with Crippen LogP contribution < -0.4 is 5.56 Å². The quantitative estimate of drug-likeness (QED) is 0.536. The maximum atomic E-state index is 12.9. The van der Waals surface area contributed by atoms with Gasteiger partial charge in [0.15, 0.2) is 5.78 Å². The molecule has 0 aliphatic rings. The molecule has 0 atom stereocenters. The summed E-state index contributed by atoms with van der Waals surface area (Å²) in [6.07, 6.45) is 1.39. The number of hydrogen-bond donors (Lipinski definition) is 1. The second-order valence-corrected chi connectivity index (χ2v) is 7.61. The highest BCUT2D eigenvalue weighted by Gasteiger charge is 2.26. The van der Waals surface area contributed by atoms with Gasteiger partial charge in [0, 0.05) is 16.3 Å². The summed E-state index contributed by atoms with van der Waals surface area (Å²) in [5.74, 6) is -0.888. The molecule has 7 nitrogen and oxygen atoms in total. The Labute approximate surface area is 160 Å². The van der Waals surface area contributed by atoms with Gasteiger partial charge in [-0.15, -0.1) is 11.3 Å². The van der Waals surface area contributed by atoms with Crippen LogP contribution in [0.15, 0.2) is 11.1 Å². The Morgan fingerprint density at radius 3 is 2.52 bits per heavy atom. The lowest BCUT2D eigenvalue weighted by Crippen LogP contribution is -2.25. The molecular formula is C19H21N3O4S. The molecule has 8 heteroatoms. The number of Topliss-reactive ketones (excluding diaryl/α,β-unsaturated/α-hetero) is 1. The lowest BCUT2D eigenvalue weighted by Gasteiger charge is -2.08. The summed E-state index contributed by atoms with van der Waals surface area (Å²) in [4.78, 5) is 47.1. The SMILES string of the molecule is CCOC(=O)c1c(C)[nH]c(C)c1C(=O)Cn1cnc2sc(C)c(C)c2c1=O. The first-order valence-electron chi connectivity index (χ1n) is 8.60. The van der Waals surface area contributed by atoms with E-state index in [4.69, 9.17) is 4.74 Å². The summed E-state index contributed by atoms with van der Waals surface area (Å²) in [6, 6.07) is 0. The summed E-state index contributed by atoms with van der Waals surface area (Å²) in [5, 5.41) is 0.542. The minimum atomic E-state index is -0.548. The summed E-state index contributed by atoms with van der Waals surface area (Å²) < 4.78 is 6.36. The largest absolute Gasteiger partial charge is 0.462 e. The highest BCUT2D eigenvalue weighted by atomic mass is 32.1. The van der Waals surface area contributed by atoms with E-state index in [0.717, 1.165) is 10.4 Å². The fourth-order valence-corrected chi connectivity index (χ4v) is 4.19. The van der Waals surface area contributed by atoms with E-state index in [1.165, 1.54) is 22.2 Å². The average molecular weight is 387 g/mol. The number of hydrogen-bond acceptors (Lipinski definition) is 6. The van der Waals surface area contributed by atoms with Gasteiger partial charge in [-0.2, -0.15) is 0 Å². The first-order chi connectivity index (χ1) is 12.8. The predicted molar refractivity (Wildman–Crippen MR) is 104 cm³/mol. The van der Waals surface area contributed by atoms with Crippen molar-refractivity contribution in [1.82, 2.24) is 14.5 Å². The summed E-state index contributed by atoms with van der Waals surface area (Å²) in [7, 11) is 0. The number of thiophene rings is 1. The van der Waals surface area contributed by atoms with Gasteiger partial charge < -0.3 is 9.72 Å². The number of nitrogens with zero attached hydrogens (tertiary/aromatic N) is 2. The van der Waals surface area contributed by atoms with Crippen molar-refractivity contribution in [1.29, 1.82) is 0 Å². The summed E-state index contributed by atoms with van der Waals surface area (Å²) in [5.41, 5.74) is 2.26. The number of aryl methyl sites for hydroxylation is 4. The lowest BCUT2D eigenvalue weighted by molar-refractivity contribution is 0.0522. The Morgan fingerprint density at radius 2 is 1.85 bits per heavy atom. The number of ether oxygens (including phenoxy) is 1. The number of H-pyrrole nitrogens is 1. The van der Waals surface area contributed by atoms with Crippen LogP contribution in [-0.4, -0.2) is 32.9 Å². The molecule has 0 aromatic carbocycles. The predicted octanol–water partition coefficient (Wildman–Crippen LogP) is 3.08. The molecule has 0 spiro atoms. The third-order valence-corrected chi connectivity index (χ3v) is 5.72. The standard InChI is InChI=1S/C19H21N3O4S/c1-6-26-19(25)16-11(4)21-10(3)15(16)13(23)7-22-8-20-17-14(18(22)24)9(2)12(5)27-17/h8,21H,6-7H2,1-5H3. The summed E-state index contributed by atoms with van der Waals surface area (Å²) in [6.45, 7) is 8.98. The monoisotopic (exact) mass is 387 g/mol. The topological polar surface area (TPSA) is 94.1 Å². The van der Waals surface area contributed by atoms with Crippen LogP contribution in [0.2, 0.25) is 0 Å². The fourth-order valence-electron chi connectivity index (χ4n) is 3.20. The number of aromatic nitrogens is 3. The Bertz CT molecular complexity index is 1120. The smallest absolute Gasteiger partial charge is 0.340 e. The number of ketones is 1. The molecule has 0 fully saturated rings. The van der Waals surface area contributed by atoms with E-state index in [2.05, 4.69) is 9.97 Å². The second kappa shape index (κ2) is 7.11. The average Bonchev–Trinajstić information content (AvgIpc) is 3.06. The minimum Gasteiger partial charge on any atom is -0.462 e. The number of fused-ring (bicyclic) bond motifs is 1. The van der Waals surface area contributed by atoms with Gasteiger partial charge in [0.2, 0.25) is 0 Å².